The molecule has 1 aromatic rings. The predicted molar refractivity (Wildman–Crippen MR) is 60.0 cm³/mol. The topological polar surface area (TPSA) is 55.4 Å². The lowest BCUT2D eigenvalue weighted by Crippen LogP contribution is -2.39. The zero-order valence-corrected chi connectivity index (χ0v) is 10.2. The smallest absolute Gasteiger partial charge is 0.328 e. The van der Waals surface area contributed by atoms with Gasteiger partial charge in [-0.1, -0.05) is 0 Å². The third kappa shape index (κ3) is 3.03. The second-order valence-corrected chi connectivity index (χ2v) is 3.80. The number of amides is 1. The van der Waals surface area contributed by atoms with Gasteiger partial charge in [0.25, 0.3) is 5.91 Å². The van der Waals surface area contributed by atoms with Crippen molar-refractivity contribution in [3.8, 4) is 0 Å². The van der Waals surface area contributed by atoms with Gasteiger partial charge >= 0.3 is 5.97 Å². The van der Waals surface area contributed by atoms with Crippen molar-refractivity contribution in [3.63, 3.8) is 0 Å². The van der Waals surface area contributed by atoms with Crippen molar-refractivity contribution >= 4 is 11.9 Å². The highest BCUT2D eigenvalue weighted by atomic mass is 19.1. The Morgan fingerprint density at radius 2 is 1.89 bits per heavy atom. The Hall–Kier alpha value is -1.98. The molecule has 0 aliphatic rings. The summed E-state index contributed by atoms with van der Waals surface area (Å²) in [5.41, 5.74) is -0.170. The van der Waals surface area contributed by atoms with E-state index in [1.165, 1.54) is 21.0 Å². The molecule has 0 heterocycles. The fraction of sp³-hybridized carbons (Fsp3) is 0.333. The number of hydrogen-bond donors (Lipinski definition) is 1. The number of aryl methyl sites for hydroxylation is 1. The minimum Gasteiger partial charge on any atom is -0.467 e. The number of carbonyl (C=O) groups excluding carboxylic acids is 2. The van der Waals surface area contributed by atoms with Crippen LogP contribution in [0.5, 0.6) is 0 Å². The Morgan fingerprint density at radius 1 is 1.28 bits per heavy atom. The molecule has 1 aromatic carbocycles. The van der Waals surface area contributed by atoms with Gasteiger partial charge in [0.1, 0.15) is 17.7 Å². The van der Waals surface area contributed by atoms with Gasteiger partial charge in [0, 0.05) is 6.07 Å². The maximum atomic E-state index is 13.4. The van der Waals surface area contributed by atoms with Crippen LogP contribution in [-0.2, 0) is 9.53 Å². The molecule has 18 heavy (non-hydrogen) atoms. The molecule has 0 fully saturated rings. The first-order valence-electron chi connectivity index (χ1n) is 5.21. The SMILES string of the molecule is COC(=O)[C@H](C)NC(=O)c1cc(C)c(F)cc1F. The molecular formula is C12H13F2NO3. The number of rotatable bonds is 3. The zero-order valence-electron chi connectivity index (χ0n) is 10.2. The number of ether oxygens (including phenoxy) is 1. The fourth-order valence-electron chi connectivity index (χ4n) is 1.34. The lowest BCUT2D eigenvalue weighted by molar-refractivity contribution is -0.142. The van der Waals surface area contributed by atoms with E-state index in [4.69, 9.17) is 0 Å². The van der Waals surface area contributed by atoms with Gasteiger partial charge in [0.15, 0.2) is 0 Å². The summed E-state index contributed by atoms with van der Waals surface area (Å²) in [6.45, 7) is 2.81. The third-order valence-corrected chi connectivity index (χ3v) is 2.40. The molecule has 1 N–H and O–H groups in total. The molecule has 0 spiro atoms. The van der Waals surface area contributed by atoms with E-state index in [1.54, 1.807) is 0 Å². The average molecular weight is 257 g/mol. The van der Waals surface area contributed by atoms with Gasteiger partial charge in [0.2, 0.25) is 0 Å². The summed E-state index contributed by atoms with van der Waals surface area (Å²) < 4.78 is 30.8. The Kier molecular flexibility index (Phi) is 4.36. The van der Waals surface area contributed by atoms with Crippen LogP contribution in [0.25, 0.3) is 0 Å². The number of hydrogen-bond acceptors (Lipinski definition) is 3. The number of esters is 1. The summed E-state index contributed by atoms with van der Waals surface area (Å²) in [7, 11) is 1.17. The molecule has 4 nitrogen and oxygen atoms in total. The lowest BCUT2D eigenvalue weighted by atomic mass is 10.1. The Labute approximate surface area is 103 Å². The predicted octanol–water partition coefficient (Wildman–Crippen LogP) is 1.56. The highest BCUT2D eigenvalue weighted by Gasteiger charge is 2.20. The van der Waals surface area contributed by atoms with Crippen molar-refractivity contribution in [1.29, 1.82) is 0 Å². The average Bonchev–Trinajstić information content (AvgIpc) is 2.32. The Morgan fingerprint density at radius 3 is 2.44 bits per heavy atom. The van der Waals surface area contributed by atoms with E-state index in [9.17, 15) is 18.4 Å². The van der Waals surface area contributed by atoms with E-state index in [-0.39, 0.29) is 11.1 Å². The van der Waals surface area contributed by atoms with Crippen LogP contribution in [0.4, 0.5) is 8.78 Å². The molecule has 1 atom stereocenters. The standard InChI is InChI=1S/C12H13F2NO3/c1-6-4-8(10(14)5-9(6)13)11(16)15-7(2)12(17)18-3/h4-5,7H,1-3H3,(H,15,16)/t7-/m0/s1. The van der Waals surface area contributed by atoms with E-state index in [0.717, 1.165) is 6.07 Å². The summed E-state index contributed by atoms with van der Waals surface area (Å²) >= 11 is 0. The number of methoxy groups -OCH3 is 1. The molecule has 0 unspecified atom stereocenters. The van der Waals surface area contributed by atoms with Crippen LogP contribution < -0.4 is 5.32 Å². The second-order valence-electron chi connectivity index (χ2n) is 3.80. The van der Waals surface area contributed by atoms with Gasteiger partial charge in [-0.25, -0.2) is 13.6 Å². The van der Waals surface area contributed by atoms with Crippen LogP contribution in [0.15, 0.2) is 12.1 Å². The van der Waals surface area contributed by atoms with Crippen molar-refractivity contribution in [1.82, 2.24) is 5.32 Å². The minimum atomic E-state index is -0.979. The van der Waals surface area contributed by atoms with Gasteiger partial charge in [-0.05, 0) is 25.5 Å². The van der Waals surface area contributed by atoms with Crippen LogP contribution in [0.1, 0.15) is 22.8 Å². The molecule has 1 rings (SSSR count). The van der Waals surface area contributed by atoms with Gasteiger partial charge < -0.3 is 10.1 Å². The summed E-state index contributed by atoms with van der Waals surface area (Å²) in [6.07, 6.45) is 0. The monoisotopic (exact) mass is 257 g/mol. The third-order valence-electron chi connectivity index (χ3n) is 2.40. The Bertz CT molecular complexity index is 488. The zero-order chi connectivity index (χ0) is 13.9. The molecular weight excluding hydrogens is 244 g/mol. The quantitative estimate of drug-likeness (QED) is 0.836. The lowest BCUT2D eigenvalue weighted by Gasteiger charge is -2.12. The van der Waals surface area contributed by atoms with Gasteiger partial charge in [-0.3, -0.25) is 4.79 Å². The number of halogens is 2. The first-order chi connectivity index (χ1) is 8.36. The Balaban J connectivity index is 2.91. The largest absolute Gasteiger partial charge is 0.467 e. The van der Waals surface area contributed by atoms with E-state index < -0.39 is 29.6 Å². The molecule has 0 saturated heterocycles. The minimum absolute atomic E-state index is 0.146. The van der Waals surface area contributed by atoms with Crippen molar-refractivity contribution in [2.75, 3.05) is 7.11 Å². The first-order valence-corrected chi connectivity index (χ1v) is 5.21. The molecule has 0 saturated carbocycles. The highest BCUT2D eigenvalue weighted by Crippen LogP contribution is 2.14. The summed E-state index contributed by atoms with van der Waals surface area (Å²) in [6, 6.07) is 0.809. The number of nitrogens with one attached hydrogen (secondary N) is 1. The second kappa shape index (κ2) is 5.57. The molecule has 1 amide bonds. The molecule has 0 aromatic heterocycles. The van der Waals surface area contributed by atoms with Crippen LogP contribution in [0.3, 0.4) is 0 Å². The molecule has 0 radical (unpaired) electrons. The molecule has 0 aliphatic carbocycles. The van der Waals surface area contributed by atoms with Gasteiger partial charge in [-0.15, -0.1) is 0 Å². The summed E-state index contributed by atoms with van der Waals surface area (Å²) in [5, 5.41) is 2.26. The van der Waals surface area contributed by atoms with E-state index in [2.05, 4.69) is 10.1 Å². The molecule has 6 heteroatoms. The summed E-state index contributed by atoms with van der Waals surface area (Å²) in [5.74, 6) is -3.16. The first kappa shape index (κ1) is 14.1. The fourth-order valence-corrected chi connectivity index (χ4v) is 1.34. The van der Waals surface area contributed by atoms with Crippen molar-refractivity contribution in [2.45, 2.75) is 19.9 Å². The number of carbonyl (C=O) groups is 2. The molecule has 0 bridgehead atoms. The van der Waals surface area contributed by atoms with Crippen LogP contribution >= 0.6 is 0 Å². The van der Waals surface area contributed by atoms with Crippen molar-refractivity contribution in [3.05, 3.63) is 34.9 Å². The summed E-state index contributed by atoms with van der Waals surface area (Å²) in [4.78, 5) is 22.8. The normalized spacial score (nSPS) is 11.8. The van der Waals surface area contributed by atoms with Crippen molar-refractivity contribution < 1.29 is 23.1 Å². The highest BCUT2D eigenvalue weighted by molar-refractivity contribution is 5.97. The number of benzene rings is 1. The van der Waals surface area contributed by atoms with Gasteiger partial charge in [-0.2, -0.15) is 0 Å². The van der Waals surface area contributed by atoms with E-state index >= 15 is 0 Å². The maximum absolute atomic E-state index is 13.4. The van der Waals surface area contributed by atoms with Crippen LogP contribution in [0, 0.1) is 18.6 Å². The molecule has 98 valence electrons. The maximum Gasteiger partial charge on any atom is 0.328 e. The molecule has 0 aliphatic heterocycles. The van der Waals surface area contributed by atoms with E-state index in [0.29, 0.717) is 6.07 Å². The van der Waals surface area contributed by atoms with E-state index in [1.807, 2.05) is 0 Å². The van der Waals surface area contributed by atoms with Gasteiger partial charge in [0.05, 0.1) is 12.7 Å². The van der Waals surface area contributed by atoms with Crippen molar-refractivity contribution in [2.24, 2.45) is 0 Å². The van der Waals surface area contributed by atoms with Crippen LogP contribution in [-0.4, -0.2) is 25.0 Å². The van der Waals surface area contributed by atoms with Crippen LogP contribution in [0.2, 0.25) is 0 Å².